The maximum Gasteiger partial charge on any atom is 0.257 e. The molecular formula is C20H26N4O. The lowest BCUT2D eigenvalue weighted by Crippen LogP contribution is -2.48. The Balaban J connectivity index is 1.50. The molecule has 5 heteroatoms. The molecule has 1 aromatic carbocycles. The highest BCUT2D eigenvalue weighted by Crippen LogP contribution is 2.32. The first-order valence-electron chi connectivity index (χ1n) is 9.30. The van der Waals surface area contributed by atoms with E-state index >= 15 is 0 Å². The zero-order valence-electron chi connectivity index (χ0n) is 14.8. The van der Waals surface area contributed by atoms with E-state index in [1.165, 1.54) is 18.4 Å². The van der Waals surface area contributed by atoms with E-state index in [1.807, 2.05) is 13.2 Å². The number of aromatic nitrogens is 2. The number of rotatable bonds is 4. The van der Waals surface area contributed by atoms with Crippen LogP contribution in [0.3, 0.4) is 0 Å². The van der Waals surface area contributed by atoms with Crippen molar-refractivity contribution in [2.45, 2.75) is 44.3 Å². The van der Waals surface area contributed by atoms with Crippen molar-refractivity contribution in [1.29, 1.82) is 0 Å². The Morgan fingerprint density at radius 3 is 2.64 bits per heavy atom. The Kier molecular flexibility index (Phi) is 4.57. The molecule has 0 aliphatic carbocycles. The number of nitrogens with zero attached hydrogens (tertiary/aromatic N) is 4. The highest BCUT2D eigenvalue weighted by atomic mass is 16.2. The minimum absolute atomic E-state index is 0.141. The molecule has 2 saturated heterocycles. The highest BCUT2D eigenvalue weighted by Gasteiger charge is 2.40. The predicted octanol–water partition coefficient (Wildman–Crippen LogP) is 2.69. The first-order chi connectivity index (χ1) is 12.2. The van der Waals surface area contributed by atoms with E-state index in [4.69, 9.17) is 0 Å². The van der Waals surface area contributed by atoms with Crippen molar-refractivity contribution in [3.05, 3.63) is 53.9 Å². The van der Waals surface area contributed by atoms with Crippen LogP contribution in [0.5, 0.6) is 0 Å². The summed E-state index contributed by atoms with van der Waals surface area (Å²) in [5.74, 6) is 0.141. The summed E-state index contributed by atoms with van der Waals surface area (Å²) in [4.78, 5) is 17.6. The highest BCUT2D eigenvalue weighted by molar-refractivity contribution is 5.94. The van der Waals surface area contributed by atoms with Crippen LogP contribution in [0, 0.1) is 0 Å². The Morgan fingerprint density at radius 1 is 1.12 bits per heavy atom. The van der Waals surface area contributed by atoms with Gasteiger partial charge in [-0.25, -0.2) is 0 Å². The van der Waals surface area contributed by atoms with Crippen LogP contribution in [0.15, 0.2) is 42.7 Å². The van der Waals surface area contributed by atoms with Crippen LogP contribution in [0.4, 0.5) is 0 Å². The van der Waals surface area contributed by atoms with E-state index in [1.54, 1.807) is 10.9 Å². The number of aryl methyl sites for hydroxylation is 1. The third-order valence-electron chi connectivity index (χ3n) is 5.60. The molecule has 3 heterocycles. The van der Waals surface area contributed by atoms with Crippen LogP contribution in [0.1, 0.15) is 41.6 Å². The second-order valence-electron chi connectivity index (χ2n) is 7.28. The van der Waals surface area contributed by atoms with E-state index in [2.05, 4.69) is 45.2 Å². The molecule has 2 aliphatic heterocycles. The molecular weight excluding hydrogens is 312 g/mol. The fraction of sp³-hybridized carbons (Fsp3) is 0.500. The lowest BCUT2D eigenvalue weighted by molar-refractivity contribution is 0.0639. The lowest BCUT2D eigenvalue weighted by Gasteiger charge is -2.35. The van der Waals surface area contributed by atoms with Crippen LogP contribution in [0.2, 0.25) is 0 Å². The van der Waals surface area contributed by atoms with Gasteiger partial charge >= 0.3 is 0 Å². The van der Waals surface area contributed by atoms with E-state index < -0.39 is 0 Å². The molecule has 5 nitrogen and oxygen atoms in total. The van der Waals surface area contributed by atoms with Gasteiger partial charge in [0.05, 0.1) is 11.8 Å². The molecule has 1 aromatic heterocycles. The molecule has 2 atom stereocenters. The lowest BCUT2D eigenvalue weighted by atomic mass is 10.0. The molecule has 2 aromatic rings. The Bertz CT molecular complexity index is 726. The van der Waals surface area contributed by atoms with Crippen molar-refractivity contribution in [2.75, 3.05) is 13.1 Å². The summed E-state index contributed by atoms with van der Waals surface area (Å²) >= 11 is 0. The number of benzene rings is 1. The number of carbonyl (C=O) groups is 1. The Labute approximate surface area is 149 Å². The monoisotopic (exact) mass is 338 g/mol. The predicted molar refractivity (Wildman–Crippen MR) is 97.1 cm³/mol. The maximum atomic E-state index is 12.9. The van der Waals surface area contributed by atoms with Gasteiger partial charge < -0.3 is 4.90 Å². The number of hydrogen-bond acceptors (Lipinski definition) is 3. The quantitative estimate of drug-likeness (QED) is 0.861. The van der Waals surface area contributed by atoms with Crippen LogP contribution < -0.4 is 0 Å². The SMILES string of the molecule is Cn1cc(C(=O)N2CCC[C@H]2[C@@H]2CCCN2Cc2ccccc2)cn1. The summed E-state index contributed by atoms with van der Waals surface area (Å²) in [6.45, 7) is 2.98. The number of amides is 1. The number of hydrogen-bond donors (Lipinski definition) is 0. The van der Waals surface area contributed by atoms with E-state index in [0.29, 0.717) is 17.6 Å². The van der Waals surface area contributed by atoms with Gasteiger partial charge in [0.2, 0.25) is 0 Å². The fourth-order valence-corrected chi connectivity index (χ4v) is 4.44. The zero-order valence-corrected chi connectivity index (χ0v) is 14.8. The van der Waals surface area contributed by atoms with Crippen molar-refractivity contribution in [3.63, 3.8) is 0 Å². The Morgan fingerprint density at radius 2 is 1.88 bits per heavy atom. The van der Waals surface area contributed by atoms with Gasteiger partial charge in [0, 0.05) is 38.4 Å². The number of likely N-dealkylation sites (tertiary alicyclic amines) is 2. The summed E-state index contributed by atoms with van der Waals surface area (Å²) in [7, 11) is 1.86. The van der Waals surface area contributed by atoms with E-state index in [9.17, 15) is 4.79 Å². The zero-order chi connectivity index (χ0) is 17.2. The van der Waals surface area contributed by atoms with Crippen molar-refractivity contribution in [3.8, 4) is 0 Å². The normalized spacial score (nSPS) is 24.1. The molecule has 132 valence electrons. The summed E-state index contributed by atoms with van der Waals surface area (Å²) in [6, 6.07) is 11.5. The first-order valence-corrected chi connectivity index (χ1v) is 9.30. The Hall–Kier alpha value is -2.14. The minimum atomic E-state index is 0.141. The molecule has 0 radical (unpaired) electrons. The minimum Gasteiger partial charge on any atom is -0.334 e. The third kappa shape index (κ3) is 3.33. The van der Waals surface area contributed by atoms with Gasteiger partial charge in [0.25, 0.3) is 5.91 Å². The molecule has 0 N–H and O–H groups in total. The van der Waals surface area contributed by atoms with Gasteiger partial charge in [-0.05, 0) is 37.8 Å². The van der Waals surface area contributed by atoms with Crippen LogP contribution >= 0.6 is 0 Å². The molecule has 4 rings (SSSR count). The molecule has 2 fully saturated rings. The van der Waals surface area contributed by atoms with Gasteiger partial charge in [-0.3, -0.25) is 14.4 Å². The van der Waals surface area contributed by atoms with Crippen molar-refractivity contribution in [1.82, 2.24) is 19.6 Å². The van der Waals surface area contributed by atoms with Crippen LogP contribution in [-0.2, 0) is 13.6 Å². The number of carbonyl (C=O) groups excluding carboxylic acids is 1. The summed E-state index contributed by atoms with van der Waals surface area (Å²) in [6.07, 6.45) is 8.15. The average Bonchev–Trinajstić information content (AvgIpc) is 3.35. The van der Waals surface area contributed by atoms with Crippen molar-refractivity contribution >= 4 is 5.91 Å². The first kappa shape index (κ1) is 16.3. The van der Waals surface area contributed by atoms with E-state index in [0.717, 1.165) is 32.5 Å². The van der Waals surface area contributed by atoms with Crippen molar-refractivity contribution < 1.29 is 4.79 Å². The van der Waals surface area contributed by atoms with Gasteiger partial charge in [-0.15, -0.1) is 0 Å². The maximum absolute atomic E-state index is 12.9. The molecule has 25 heavy (non-hydrogen) atoms. The van der Waals surface area contributed by atoms with Crippen molar-refractivity contribution in [2.24, 2.45) is 7.05 Å². The van der Waals surface area contributed by atoms with Gasteiger partial charge in [0.15, 0.2) is 0 Å². The van der Waals surface area contributed by atoms with Crippen LogP contribution in [0.25, 0.3) is 0 Å². The van der Waals surface area contributed by atoms with Gasteiger partial charge in [-0.1, -0.05) is 30.3 Å². The molecule has 1 amide bonds. The third-order valence-corrected chi connectivity index (χ3v) is 5.60. The largest absolute Gasteiger partial charge is 0.334 e. The summed E-state index contributed by atoms with van der Waals surface area (Å²) < 4.78 is 1.70. The molecule has 0 saturated carbocycles. The topological polar surface area (TPSA) is 41.4 Å². The molecule has 2 aliphatic rings. The average molecular weight is 338 g/mol. The summed E-state index contributed by atoms with van der Waals surface area (Å²) in [5, 5.41) is 4.16. The smallest absolute Gasteiger partial charge is 0.257 e. The van der Waals surface area contributed by atoms with Crippen LogP contribution in [-0.4, -0.2) is 50.7 Å². The van der Waals surface area contributed by atoms with Gasteiger partial charge in [0.1, 0.15) is 0 Å². The second kappa shape index (κ2) is 7.00. The standard InChI is InChI=1S/C20H26N4O/c1-22-15-17(13-21-22)20(25)24-12-6-10-19(24)18-9-5-11-23(18)14-16-7-3-2-4-8-16/h2-4,7-8,13,15,18-19H,5-6,9-12,14H2,1H3/t18-,19-/m0/s1. The van der Waals surface area contributed by atoms with Gasteiger partial charge in [-0.2, -0.15) is 5.10 Å². The molecule has 0 bridgehead atoms. The second-order valence-corrected chi connectivity index (χ2v) is 7.28. The summed E-state index contributed by atoms with van der Waals surface area (Å²) in [5.41, 5.74) is 2.07. The molecule has 0 spiro atoms. The molecule has 0 unspecified atom stereocenters. The fourth-order valence-electron chi connectivity index (χ4n) is 4.44. The van der Waals surface area contributed by atoms with E-state index in [-0.39, 0.29) is 5.91 Å².